The average molecular weight is 231 g/mol. The normalized spacial score (nSPS) is 12.0. The molecule has 0 aliphatic carbocycles. The van der Waals surface area contributed by atoms with Crippen molar-refractivity contribution >= 4 is 15.5 Å². The summed E-state index contributed by atoms with van der Waals surface area (Å²) in [5.41, 5.74) is 6.19. The third-order valence-corrected chi connectivity index (χ3v) is 4.33. The number of hydrogen-bond donors (Lipinski definition) is 1. The van der Waals surface area contributed by atoms with Crippen LogP contribution in [0.25, 0.3) is 0 Å². The molecule has 1 aromatic carbocycles. The fraction of sp³-hybridized carbons (Fsp3) is 0.400. The maximum atomic E-state index is 12.9. The molecule has 15 heavy (non-hydrogen) atoms. The van der Waals surface area contributed by atoms with Crippen molar-refractivity contribution in [3.63, 3.8) is 0 Å². The van der Waals surface area contributed by atoms with Gasteiger partial charge in [0.2, 0.25) is 0 Å². The van der Waals surface area contributed by atoms with E-state index in [0.29, 0.717) is 11.3 Å². The molecule has 0 aliphatic heterocycles. The first-order valence-corrected chi connectivity index (χ1v) is 6.30. The predicted molar refractivity (Wildman–Crippen MR) is 58.6 cm³/mol. The second-order valence-electron chi connectivity index (χ2n) is 3.70. The molecule has 0 saturated carbocycles. The molecule has 84 valence electrons. The van der Waals surface area contributed by atoms with Crippen molar-refractivity contribution in [1.82, 2.24) is 0 Å². The van der Waals surface area contributed by atoms with Gasteiger partial charge < -0.3 is 5.73 Å². The van der Waals surface area contributed by atoms with Crippen LogP contribution in [0.1, 0.15) is 19.4 Å². The molecule has 0 bridgehead atoms. The van der Waals surface area contributed by atoms with Crippen LogP contribution in [0.4, 0.5) is 10.1 Å². The van der Waals surface area contributed by atoms with Crippen molar-refractivity contribution in [1.29, 1.82) is 0 Å². The number of rotatable bonds is 3. The first-order valence-electron chi connectivity index (χ1n) is 4.58. The van der Waals surface area contributed by atoms with Crippen LogP contribution in [0.3, 0.4) is 0 Å². The summed E-state index contributed by atoms with van der Waals surface area (Å²) in [5.74, 6) is -0.688. The molecule has 0 radical (unpaired) electrons. The number of benzene rings is 1. The topological polar surface area (TPSA) is 60.2 Å². The van der Waals surface area contributed by atoms with E-state index in [-0.39, 0.29) is 5.75 Å². The van der Waals surface area contributed by atoms with Crippen molar-refractivity contribution in [2.45, 2.75) is 24.9 Å². The molecule has 1 rings (SSSR count). The second kappa shape index (κ2) is 4.18. The third kappa shape index (κ3) is 2.92. The largest absolute Gasteiger partial charge is 0.398 e. The van der Waals surface area contributed by atoms with E-state index in [1.165, 1.54) is 12.1 Å². The molecule has 5 heteroatoms. The van der Waals surface area contributed by atoms with Gasteiger partial charge >= 0.3 is 0 Å². The van der Waals surface area contributed by atoms with E-state index in [1.807, 2.05) is 0 Å². The Morgan fingerprint density at radius 2 is 2.00 bits per heavy atom. The van der Waals surface area contributed by atoms with E-state index in [0.717, 1.165) is 6.07 Å². The summed E-state index contributed by atoms with van der Waals surface area (Å²) in [6.45, 7) is 3.18. The van der Waals surface area contributed by atoms with Crippen LogP contribution in [0.5, 0.6) is 0 Å². The molecule has 0 saturated heterocycles. The Morgan fingerprint density at radius 1 is 1.40 bits per heavy atom. The number of halogens is 1. The molecule has 0 heterocycles. The van der Waals surface area contributed by atoms with Gasteiger partial charge in [0.15, 0.2) is 9.84 Å². The van der Waals surface area contributed by atoms with Gasteiger partial charge in [-0.1, -0.05) is 0 Å². The first-order chi connectivity index (χ1) is 6.83. The van der Waals surface area contributed by atoms with Gasteiger partial charge in [0.1, 0.15) is 5.82 Å². The Hall–Kier alpha value is -1.10. The van der Waals surface area contributed by atoms with Gasteiger partial charge in [0, 0.05) is 5.69 Å². The van der Waals surface area contributed by atoms with Crippen LogP contribution in [0, 0.1) is 5.82 Å². The zero-order valence-corrected chi connectivity index (χ0v) is 9.51. The van der Waals surface area contributed by atoms with E-state index >= 15 is 0 Å². The van der Waals surface area contributed by atoms with Crippen LogP contribution >= 0.6 is 0 Å². The van der Waals surface area contributed by atoms with Crippen molar-refractivity contribution in [2.75, 3.05) is 5.73 Å². The number of nitrogen functional groups attached to an aromatic ring is 1. The Balaban J connectivity index is 3.05. The highest BCUT2D eigenvalue weighted by Gasteiger charge is 2.18. The minimum atomic E-state index is -3.24. The van der Waals surface area contributed by atoms with Crippen molar-refractivity contribution < 1.29 is 12.8 Å². The summed E-state index contributed by atoms with van der Waals surface area (Å²) in [4.78, 5) is 0. The van der Waals surface area contributed by atoms with Crippen LogP contribution in [-0.2, 0) is 15.6 Å². The Bertz CT molecular complexity index is 454. The maximum absolute atomic E-state index is 12.9. The number of hydrogen-bond acceptors (Lipinski definition) is 3. The van der Waals surface area contributed by atoms with Gasteiger partial charge in [-0.2, -0.15) is 0 Å². The van der Waals surface area contributed by atoms with Crippen molar-refractivity contribution in [3.8, 4) is 0 Å². The molecule has 0 fully saturated rings. The lowest BCUT2D eigenvalue weighted by atomic mass is 10.2. The van der Waals surface area contributed by atoms with E-state index in [2.05, 4.69) is 0 Å². The summed E-state index contributed by atoms with van der Waals surface area (Å²) in [6.07, 6.45) is 0. The molecule has 0 spiro atoms. The van der Waals surface area contributed by atoms with E-state index in [4.69, 9.17) is 5.73 Å². The standard InChI is InChI=1S/C10H14FNO2S/c1-7(2)15(13,14)6-8-5-9(11)3-4-10(8)12/h3-5,7H,6,12H2,1-2H3. The minimum absolute atomic E-state index is 0.214. The molecule has 0 aliphatic rings. The van der Waals surface area contributed by atoms with E-state index in [1.54, 1.807) is 13.8 Å². The van der Waals surface area contributed by atoms with Gasteiger partial charge in [-0.05, 0) is 37.6 Å². The monoisotopic (exact) mass is 231 g/mol. The van der Waals surface area contributed by atoms with Crippen LogP contribution in [0.15, 0.2) is 18.2 Å². The third-order valence-electron chi connectivity index (χ3n) is 2.18. The highest BCUT2D eigenvalue weighted by Crippen LogP contribution is 2.18. The lowest BCUT2D eigenvalue weighted by molar-refractivity contribution is 0.586. The van der Waals surface area contributed by atoms with E-state index in [9.17, 15) is 12.8 Å². The SMILES string of the molecule is CC(C)S(=O)(=O)Cc1cc(F)ccc1N. The lowest BCUT2D eigenvalue weighted by Crippen LogP contribution is -2.16. The molecule has 0 amide bonds. The molecule has 1 aromatic rings. The highest BCUT2D eigenvalue weighted by atomic mass is 32.2. The van der Waals surface area contributed by atoms with Gasteiger partial charge in [0.05, 0.1) is 11.0 Å². The summed E-state index contributed by atoms with van der Waals surface area (Å²) in [7, 11) is -3.24. The molecular weight excluding hydrogens is 217 g/mol. The zero-order valence-electron chi connectivity index (χ0n) is 8.70. The quantitative estimate of drug-likeness (QED) is 0.806. The Morgan fingerprint density at radius 3 is 2.53 bits per heavy atom. The molecular formula is C10H14FNO2S. The highest BCUT2D eigenvalue weighted by molar-refractivity contribution is 7.91. The van der Waals surface area contributed by atoms with Gasteiger partial charge in [-0.3, -0.25) is 0 Å². The Kier molecular flexibility index (Phi) is 3.34. The summed E-state index contributed by atoms with van der Waals surface area (Å²) in [6, 6.07) is 3.75. The fourth-order valence-electron chi connectivity index (χ4n) is 1.08. The number of nitrogens with two attached hydrogens (primary N) is 1. The van der Waals surface area contributed by atoms with E-state index < -0.39 is 20.9 Å². The van der Waals surface area contributed by atoms with Crippen LogP contribution in [0.2, 0.25) is 0 Å². The minimum Gasteiger partial charge on any atom is -0.398 e. The summed E-state index contributed by atoms with van der Waals surface area (Å²) >= 11 is 0. The molecule has 2 N–H and O–H groups in total. The van der Waals surface area contributed by atoms with Crippen molar-refractivity contribution in [3.05, 3.63) is 29.6 Å². The van der Waals surface area contributed by atoms with Crippen LogP contribution < -0.4 is 5.73 Å². The smallest absolute Gasteiger partial charge is 0.156 e. The van der Waals surface area contributed by atoms with Gasteiger partial charge in [-0.15, -0.1) is 0 Å². The number of sulfone groups is 1. The summed E-state index contributed by atoms with van der Waals surface area (Å²) in [5, 5.41) is -0.486. The molecule has 0 unspecified atom stereocenters. The fourth-order valence-corrected chi connectivity index (χ4v) is 2.10. The van der Waals surface area contributed by atoms with Crippen LogP contribution in [-0.4, -0.2) is 13.7 Å². The average Bonchev–Trinajstić information content (AvgIpc) is 2.10. The predicted octanol–water partition coefficient (Wildman–Crippen LogP) is 1.73. The summed E-state index contributed by atoms with van der Waals surface area (Å²) < 4.78 is 36.0. The first kappa shape index (κ1) is 12.0. The molecule has 3 nitrogen and oxygen atoms in total. The number of anilines is 1. The Labute approximate surface area is 89.0 Å². The van der Waals surface area contributed by atoms with Crippen molar-refractivity contribution in [2.24, 2.45) is 0 Å². The molecule has 0 atom stereocenters. The second-order valence-corrected chi connectivity index (χ2v) is 6.26. The van der Waals surface area contributed by atoms with Gasteiger partial charge in [-0.25, -0.2) is 12.8 Å². The van der Waals surface area contributed by atoms with Gasteiger partial charge in [0.25, 0.3) is 0 Å². The molecule has 0 aromatic heterocycles. The lowest BCUT2D eigenvalue weighted by Gasteiger charge is -2.09. The maximum Gasteiger partial charge on any atom is 0.156 e. The zero-order chi connectivity index (χ0) is 11.6.